The van der Waals surface area contributed by atoms with E-state index in [4.69, 9.17) is 0 Å². The third kappa shape index (κ3) is 2.20. The maximum absolute atomic E-state index is 12.1. The first-order chi connectivity index (χ1) is 9.16. The van der Waals surface area contributed by atoms with Gasteiger partial charge in [-0.25, -0.2) is 0 Å². The lowest BCUT2D eigenvalue weighted by atomic mass is 10.0. The molecule has 0 bridgehead atoms. The molecule has 2 nitrogen and oxygen atoms in total. The van der Waals surface area contributed by atoms with Crippen molar-refractivity contribution < 1.29 is 4.79 Å². The Labute approximate surface area is 115 Å². The van der Waals surface area contributed by atoms with Crippen LogP contribution in [0.15, 0.2) is 41.6 Å². The molecule has 1 atom stereocenters. The van der Waals surface area contributed by atoms with Gasteiger partial charge in [0.2, 0.25) is 0 Å². The number of allylic oxidation sites excluding steroid dienone is 2. The Morgan fingerprint density at radius 2 is 2.00 bits per heavy atom. The van der Waals surface area contributed by atoms with E-state index in [1.54, 1.807) is 0 Å². The maximum atomic E-state index is 12.1. The number of hydrogen-bond acceptors (Lipinski definition) is 2. The van der Waals surface area contributed by atoms with Crippen molar-refractivity contribution in [3.8, 4) is 0 Å². The average Bonchev–Trinajstić information content (AvgIpc) is 2.89. The molecule has 0 radical (unpaired) electrons. The van der Waals surface area contributed by atoms with Crippen LogP contribution in [-0.4, -0.2) is 17.2 Å². The van der Waals surface area contributed by atoms with Crippen LogP contribution in [0.4, 0.5) is 0 Å². The molecule has 0 N–H and O–H groups in total. The molecule has 0 aromatic heterocycles. The maximum Gasteiger partial charge on any atom is 0.161 e. The molecule has 0 spiro atoms. The van der Waals surface area contributed by atoms with Crippen LogP contribution >= 0.6 is 0 Å². The second-order valence-electron chi connectivity index (χ2n) is 5.97. The largest absolute Gasteiger partial charge is 0.370 e. The van der Waals surface area contributed by atoms with Gasteiger partial charge >= 0.3 is 0 Å². The van der Waals surface area contributed by atoms with E-state index in [2.05, 4.69) is 43.0 Å². The molecule has 1 unspecified atom stereocenters. The summed E-state index contributed by atoms with van der Waals surface area (Å²) < 4.78 is 0. The highest BCUT2D eigenvalue weighted by Gasteiger charge is 2.40. The van der Waals surface area contributed by atoms with Crippen molar-refractivity contribution in [3.05, 3.63) is 47.2 Å². The van der Waals surface area contributed by atoms with Gasteiger partial charge in [-0.3, -0.25) is 4.79 Å². The first kappa shape index (κ1) is 12.5. The van der Waals surface area contributed by atoms with Crippen LogP contribution in [0, 0.1) is 11.8 Å². The van der Waals surface area contributed by atoms with Crippen LogP contribution in [0.25, 0.3) is 0 Å². The van der Waals surface area contributed by atoms with E-state index in [1.165, 1.54) is 11.3 Å². The molecule has 3 rings (SSSR count). The molecule has 1 aliphatic carbocycles. The fourth-order valence-corrected chi connectivity index (χ4v) is 3.48. The molecule has 1 aromatic rings. The van der Waals surface area contributed by atoms with Gasteiger partial charge in [0.15, 0.2) is 5.78 Å². The first-order valence-electron chi connectivity index (χ1n) is 7.23. The zero-order chi connectivity index (χ0) is 13.4. The van der Waals surface area contributed by atoms with Crippen LogP contribution in [0.3, 0.4) is 0 Å². The molecule has 2 aliphatic rings. The molecule has 0 amide bonds. The molecule has 1 aliphatic heterocycles. The van der Waals surface area contributed by atoms with Gasteiger partial charge in [0, 0.05) is 36.7 Å². The minimum absolute atomic E-state index is 0.351. The lowest BCUT2D eigenvalue weighted by molar-refractivity contribution is -0.115. The lowest BCUT2D eigenvalue weighted by Crippen LogP contribution is -2.20. The molecule has 1 saturated heterocycles. The van der Waals surface area contributed by atoms with Crippen molar-refractivity contribution in [1.82, 2.24) is 4.90 Å². The predicted octanol–water partition coefficient (Wildman–Crippen LogP) is 3.39. The highest BCUT2D eigenvalue weighted by molar-refractivity contribution is 5.99. The molecular weight excluding hydrogens is 234 g/mol. The topological polar surface area (TPSA) is 20.3 Å². The van der Waals surface area contributed by atoms with E-state index < -0.39 is 0 Å². The number of Topliss-reactive ketones (excluding diaryl/α,β-unsaturated/α-hetero) is 1. The molecule has 1 fully saturated rings. The number of benzene rings is 1. The Bertz CT molecular complexity index is 515. The summed E-state index contributed by atoms with van der Waals surface area (Å²) in [6.07, 6.45) is 1.89. The number of ketones is 1. The minimum Gasteiger partial charge on any atom is -0.370 e. The number of nitrogens with zero attached hydrogens (tertiary/aromatic N) is 1. The fourth-order valence-electron chi connectivity index (χ4n) is 3.48. The smallest absolute Gasteiger partial charge is 0.161 e. The summed E-state index contributed by atoms with van der Waals surface area (Å²) in [5.41, 5.74) is 3.78. The zero-order valence-electron chi connectivity index (χ0n) is 11.7. The fraction of sp³-hybridized carbons (Fsp3) is 0.471. The number of rotatable bonds is 3. The minimum atomic E-state index is 0.351. The quantitative estimate of drug-likeness (QED) is 0.825. The summed E-state index contributed by atoms with van der Waals surface area (Å²) >= 11 is 0. The van der Waals surface area contributed by atoms with Crippen molar-refractivity contribution in [1.29, 1.82) is 0 Å². The highest BCUT2D eigenvalue weighted by atomic mass is 16.1. The van der Waals surface area contributed by atoms with E-state index >= 15 is 0 Å². The first-order valence-corrected chi connectivity index (χ1v) is 7.23. The van der Waals surface area contributed by atoms with Crippen LogP contribution in [-0.2, 0) is 11.3 Å². The zero-order valence-corrected chi connectivity index (χ0v) is 11.7. The summed E-state index contributed by atoms with van der Waals surface area (Å²) in [6.45, 7) is 6.32. The molecule has 0 saturated carbocycles. The Morgan fingerprint density at radius 1 is 1.26 bits per heavy atom. The van der Waals surface area contributed by atoms with Gasteiger partial charge in [-0.2, -0.15) is 0 Å². The lowest BCUT2D eigenvalue weighted by Gasteiger charge is -2.23. The Kier molecular flexibility index (Phi) is 3.17. The summed E-state index contributed by atoms with van der Waals surface area (Å²) in [4.78, 5) is 14.6. The van der Waals surface area contributed by atoms with Gasteiger partial charge in [-0.15, -0.1) is 0 Å². The van der Waals surface area contributed by atoms with Crippen LogP contribution in [0.5, 0.6) is 0 Å². The Balaban J connectivity index is 1.89. The predicted molar refractivity (Wildman–Crippen MR) is 76.4 cm³/mol. The second-order valence-corrected chi connectivity index (χ2v) is 5.97. The van der Waals surface area contributed by atoms with Crippen molar-refractivity contribution in [2.75, 3.05) is 6.54 Å². The van der Waals surface area contributed by atoms with Gasteiger partial charge in [0.05, 0.1) is 0 Å². The van der Waals surface area contributed by atoms with Crippen LogP contribution in [0.1, 0.15) is 32.3 Å². The van der Waals surface area contributed by atoms with Crippen molar-refractivity contribution in [2.24, 2.45) is 11.8 Å². The highest BCUT2D eigenvalue weighted by Crippen LogP contribution is 2.42. The van der Waals surface area contributed by atoms with E-state index in [1.807, 2.05) is 6.07 Å². The molecule has 100 valence electrons. The third-order valence-electron chi connectivity index (χ3n) is 4.28. The number of carbonyl (C=O) groups is 1. The molecule has 19 heavy (non-hydrogen) atoms. The van der Waals surface area contributed by atoms with Gasteiger partial charge in [0.1, 0.15) is 0 Å². The second kappa shape index (κ2) is 4.84. The Hall–Kier alpha value is -1.57. The van der Waals surface area contributed by atoms with Crippen molar-refractivity contribution >= 4 is 5.78 Å². The normalized spacial score (nSPS) is 22.6. The van der Waals surface area contributed by atoms with Gasteiger partial charge in [0.25, 0.3) is 0 Å². The van der Waals surface area contributed by atoms with Gasteiger partial charge < -0.3 is 4.90 Å². The van der Waals surface area contributed by atoms with Gasteiger partial charge in [-0.05, 0) is 17.9 Å². The number of fused-ring (bicyclic) bond motifs is 1. The van der Waals surface area contributed by atoms with E-state index in [9.17, 15) is 4.79 Å². The third-order valence-corrected chi connectivity index (χ3v) is 4.28. The van der Waals surface area contributed by atoms with Crippen molar-refractivity contribution in [3.63, 3.8) is 0 Å². The van der Waals surface area contributed by atoms with E-state index in [0.29, 0.717) is 17.6 Å². The molecular formula is C17H21NO. The van der Waals surface area contributed by atoms with E-state index in [-0.39, 0.29) is 0 Å². The van der Waals surface area contributed by atoms with Gasteiger partial charge in [-0.1, -0.05) is 44.2 Å². The number of carbonyl (C=O) groups excluding carboxylic acids is 1. The standard InChI is InChI=1S/C17H21NO/c1-12(2)16-15(19)10-14-8-9-18(17(14)16)11-13-6-4-3-5-7-13/h3-7,12,14H,8-11H2,1-2H3. The average molecular weight is 255 g/mol. The summed E-state index contributed by atoms with van der Waals surface area (Å²) in [7, 11) is 0. The van der Waals surface area contributed by atoms with Crippen molar-refractivity contribution in [2.45, 2.75) is 33.2 Å². The molecule has 1 aromatic carbocycles. The summed E-state index contributed by atoms with van der Waals surface area (Å²) in [5, 5.41) is 0. The van der Waals surface area contributed by atoms with Crippen LogP contribution in [0.2, 0.25) is 0 Å². The van der Waals surface area contributed by atoms with E-state index in [0.717, 1.165) is 31.5 Å². The number of likely N-dealkylation sites (tertiary alicyclic amines) is 1. The molecule has 2 heteroatoms. The summed E-state index contributed by atoms with van der Waals surface area (Å²) in [5.74, 6) is 1.23. The van der Waals surface area contributed by atoms with Crippen LogP contribution < -0.4 is 0 Å². The SMILES string of the molecule is CC(C)C1=C2C(CCN2Cc2ccccc2)CC1=O. The Morgan fingerprint density at radius 3 is 2.68 bits per heavy atom. The summed E-state index contributed by atoms with van der Waals surface area (Å²) in [6, 6.07) is 10.6. The number of hydrogen-bond donors (Lipinski definition) is 0. The molecule has 1 heterocycles. The monoisotopic (exact) mass is 255 g/mol.